The van der Waals surface area contributed by atoms with Crippen LogP contribution in [0.2, 0.25) is 0 Å². The minimum absolute atomic E-state index is 0.0931. The minimum Gasteiger partial charge on any atom is -0.484 e. The van der Waals surface area contributed by atoms with Crippen molar-refractivity contribution in [3.63, 3.8) is 0 Å². The van der Waals surface area contributed by atoms with Crippen LogP contribution in [-0.4, -0.2) is 46.2 Å². The van der Waals surface area contributed by atoms with E-state index in [9.17, 15) is 4.39 Å². The maximum atomic E-state index is 14.5. The second-order valence-corrected chi connectivity index (χ2v) is 7.35. The Kier molecular flexibility index (Phi) is 5.20. The van der Waals surface area contributed by atoms with E-state index in [1.807, 2.05) is 26.2 Å². The fourth-order valence-corrected chi connectivity index (χ4v) is 3.83. The molecule has 1 unspecified atom stereocenters. The second-order valence-electron chi connectivity index (χ2n) is 7.35. The van der Waals surface area contributed by atoms with Gasteiger partial charge in [0.2, 0.25) is 0 Å². The molecule has 0 aromatic carbocycles. The van der Waals surface area contributed by atoms with Gasteiger partial charge in [0.25, 0.3) is 5.88 Å². The van der Waals surface area contributed by atoms with Gasteiger partial charge < -0.3 is 9.47 Å². The van der Waals surface area contributed by atoms with Crippen molar-refractivity contribution in [3.8, 4) is 11.6 Å². The quantitative estimate of drug-likeness (QED) is 0.822. The van der Waals surface area contributed by atoms with Gasteiger partial charge in [0.15, 0.2) is 5.75 Å². The number of likely N-dealkylation sites (tertiary alicyclic amines) is 1. The third-order valence-electron chi connectivity index (χ3n) is 5.47. The van der Waals surface area contributed by atoms with Crippen LogP contribution in [-0.2, 0) is 6.42 Å². The highest BCUT2D eigenvalue weighted by Gasteiger charge is 2.28. The largest absolute Gasteiger partial charge is 0.484 e. The summed E-state index contributed by atoms with van der Waals surface area (Å²) in [6, 6.07) is 1.31. The number of pyridine rings is 1. The maximum Gasteiger partial charge on any atom is 0.257 e. The first-order valence-electron chi connectivity index (χ1n) is 9.58. The molecule has 6 nitrogen and oxygen atoms in total. The number of fused-ring (bicyclic) bond motifs is 1. The molecule has 7 heteroatoms. The zero-order valence-electron chi connectivity index (χ0n) is 15.8. The van der Waals surface area contributed by atoms with E-state index in [2.05, 4.69) is 19.9 Å². The Morgan fingerprint density at radius 1 is 1.19 bits per heavy atom. The van der Waals surface area contributed by atoms with Gasteiger partial charge in [-0.05, 0) is 57.7 Å². The van der Waals surface area contributed by atoms with E-state index in [-0.39, 0.29) is 11.9 Å². The van der Waals surface area contributed by atoms with E-state index < -0.39 is 0 Å². The lowest BCUT2D eigenvalue weighted by Gasteiger charge is -2.36. The molecule has 1 saturated heterocycles. The molecule has 0 aliphatic carbocycles. The molecule has 144 valence electrons. The summed E-state index contributed by atoms with van der Waals surface area (Å²) in [5.74, 6) is 1.88. The van der Waals surface area contributed by atoms with E-state index in [0.29, 0.717) is 36.5 Å². The van der Waals surface area contributed by atoms with Gasteiger partial charge >= 0.3 is 0 Å². The van der Waals surface area contributed by atoms with Crippen molar-refractivity contribution in [2.45, 2.75) is 39.2 Å². The first kappa shape index (κ1) is 18.1. The molecule has 0 spiro atoms. The van der Waals surface area contributed by atoms with Crippen molar-refractivity contribution in [2.24, 2.45) is 5.92 Å². The van der Waals surface area contributed by atoms with Gasteiger partial charge in [-0.1, -0.05) is 0 Å². The number of aryl methyl sites for hydroxylation is 1. The van der Waals surface area contributed by atoms with E-state index in [0.717, 1.165) is 38.2 Å². The van der Waals surface area contributed by atoms with Crippen LogP contribution in [0.5, 0.6) is 11.6 Å². The third-order valence-corrected chi connectivity index (χ3v) is 5.47. The normalized spacial score (nSPS) is 19.1. The topological polar surface area (TPSA) is 60.4 Å². The Labute approximate surface area is 158 Å². The number of halogens is 1. The zero-order valence-corrected chi connectivity index (χ0v) is 15.8. The van der Waals surface area contributed by atoms with Crippen molar-refractivity contribution in [2.75, 3.05) is 26.3 Å². The van der Waals surface area contributed by atoms with Crippen molar-refractivity contribution < 1.29 is 13.9 Å². The molecule has 2 aromatic heterocycles. The molecule has 0 radical (unpaired) electrons. The lowest BCUT2D eigenvalue weighted by molar-refractivity contribution is 0.131. The molecule has 27 heavy (non-hydrogen) atoms. The molecule has 0 amide bonds. The average molecular weight is 372 g/mol. The van der Waals surface area contributed by atoms with Gasteiger partial charge in [-0.2, -0.15) is 0 Å². The Morgan fingerprint density at radius 3 is 2.63 bits per heavy atom. The summed E-state index contributed by atoms with van der Waals surface area (Å²) in [5, 5.41) is 0. The van der Waals surface area contributed by atoms with Crippen molar-refractivity contribution in [1.82, 2.24) is 19.9 Å². The van der Waals surface area contributed by atoms with E-state index in [1.165, 1.54) is 11.6 Å². The van der Waals surface area contributed by atoms with Gasteiger partial charge in [-0.25, -0.2) is 19.3 Å². The highest BCUT2D eigenvalue weighted by Crippen LogP contribution is 2.34. The van der Waals surface area contributed by atoms with Crippen molar-refractivity contribution in [3.05, 3.63) is 41.4 Å². The summed E-state index contributed by atoms with van der Waals surface area (Å²) in [4.78, 5) is 15.3. The number of rotatable bonds is 4. The number of hydrogen-bond acceptors (Lipinski definition) is 6. The van der Waals surface area contributed by atoms with Crippen LogP contribution >= 0.6 is 0 Å². The molecule has 0 saturated carbocycles. The molecule has 2 aliphatic heterocycles. The highest BCUT2D eigenvalue weighted by atomic mass is 19.1. The average Bonchev–Trinajstić information content (AvgIpc) is 2.69. The van der Waals surface area contributed by atoms with Gasteiger partial charge in [0.05, 0.1) is 11.7 Å². The van der Waals surface area contributed by atoms with E-state index in [1.54, 1.807) is 0 Å². The monoisotopic (exact) mass is 372 g/mol. The lowest BCUT2D eigenvalue weighted by atomic mass is 9.90. The van der Waals surface area contributed by atoms with Crippen molar-refractivity contribution >= 4 is 0 Å². The summed E-state index contributed by atoms with van der Waals surface area (Å²) >= 11 is 0. The van der Waals surface area contributed by atoms with E-state index >= 15 is 0 Å². The Hall–Kier alpha value is -2.28. The SMILES string of the molecule is Cc1ncc(CC2CCN(C(C)c3nc4c(cc3F)OCCO4)CC2)cn1. The molecule has 4 heterocycles. The number of nitrogens with zero attached hydrogens (tertiary/aromatic N) is 4. The smallest absolute Gasteiger partial charge is 0.257 e. The van der Waals surface area contributed by atoms with Crippen LogP contribution in [0.15, 0.2) is 18.5 Å². The van der Waals surface area contributed by atoms with Crippen molar-refractivity contribution in [1.29, 1.82) is 0 Å². The Balaban J connectivity index is 1.38. The molecule has 1 atom stereocenters. The molecule has 0 bridgehead atoms. The summed E-state index contributed by atoms with van der Waals surface area (Å²) in [6.07, 6.45) is 6.99. The van der Waals surface area contributed by atoms with Crippen LogP contribution in [0.4, 0.5) is 4.39 Å². The lowest BCUT2D eigenvalue weighted by Crippen LogP contribution is -2.37. The summed E-state index contributed by atoms with van der Waals surface area (Å²) < 4.78 is 25.5. The third kappa shape index (κ3) is 4.03. The summed E-state index contributed by atoms with van der Waals surface area (Å²) in [6.45, 7) is 6.64. The minimum atomic E-state index is -0.328. The number of hydrogen-bond donors (Lipinski definition) is 0. The highest BCUT2D eigenvalue weighted by molar-refractivity contribution is 5.37. The van der Waals surface area contributed by atoms with Gasteiger partial charge in [0.1, 0.15) is 24.9 Å². The summed E-state index contributed by atoms with van der Waals surface area (Å²) in [7, 11) is 0. The molecule has 4 rings (SSSR count). The van der Waals surface area contributed by atoms with Gasteiger partial charge in [0, 0.05) is 18.5 Å². The standard InChI is InChI=1S/C20H25FN4O2/c1-13(19-17(21)10-18-20(24-19)27-8-7-26-18)25-5-3-15(4-6-25)9-16-11-22-14(2)23-12-16/h10-13,15H,3-9H2,1-2H3. The first-order chi connectivity index (χ1) is 13.1. The fourth-order valence-electron chi connectivity index (χ4n) is 3.83. The molecule has 2 aliphatic rings. The number of piperidine rings is 1. The van der Waals surface area contributed by atoms with Gasteiger partial charge in [-0.15, -0.1) is 0 Å². The van der Waals surface area contributed by atoms with Crippen LogP contribution in [0.3, 0.4) is 0 Å². The van der Waals surface area contributed by atoms with Crippen LogP contribution < -0.4 is 9.47 Å². The van der Waals surface area contributed by atoms with Crippen LogP contribution in [0, 0.1) is 18.7 Å². The van der Waals surface area contributed by atoms with Gasteiger partial charge in [-0.3, -0.25) is 4.90 Å². The Bertz CT molecular complexity index is 791. The first-order valence-corrected chi connectivity index (χ1v) is 9.58. The molecule has 2 aromatic rings. The van der Waals surface area contributed by atoms with E-state index in [4.69, 9.17) is 9.47 Å². The molecular formula is C20H25FN4O2. The predicted octanol–water partition coefficient (Wildman–Crippen LogP) is 3.11. The van der Waals surface area contributed by atoms with Crippen LogP contribution in [0.1, 0.15) is 42.9 Å². The Morgan fingerprint density at radius 2 is 1.89 bits per heavy atom. The number of ether oxygens (including phenoxy) is 2. The van der Waals surface area contributed by atoms with Crippen LogP contribution in [0.25, 0.3) is 0 Å². The molecular weight excluding hydrogens is 347 g/mol. The zero-order chi connectivity index (χ0) is 18.8. The maximum absolute atomic E-state index is 14.5. The predicted molar refractivity (Wildman–Crippen MR) is 98.4 cm³/mol. The molecule has 1 fully saturated rings. The molecule has 0 N–H and O–H groups in total. The number of aromatic nitrogens is 3. The summed E-state index contributed by atoms with van der Waals surface area (Å²) in [5.41, 5.74) is 1.62. The second kappa shape index (κ2) is 7.76. The fraction of sp³-hybridized carbons (Fsp3) is 0.550.